The summed E-state index contributed by atoms with van der Waals surface area (Å²) in [6.45, 7) is 2.14. The van der Waals surface area contributed by atoms with Crippen molar-refractivity contribution in [1.29, 1.82) is 0 Å². The number of benzene rings is 1. The lowest BCUT2D eigenvalue weighted by Crippen LogP contribution is -2.41. The zero-order valence-corrected chi connectivity index (χ0v) is 20.1. The molecule has 1 atom stereocenters. The maximum absolute atomic E-state index is 13.4. The number of methoxy groups -OCH3 is 1. The maximum atomic E-state index is 13.4. The van der Waals surface area contributed by atoms with E-state index in [2.05, 4.69) is 22.2 Å². The van der Waals surface area contributed by atoms with E-state index in [1.807, 2.05) is 12.3 Å². The SMILES string of the molecule is COc1ccc2c(c1)CCc1cnc(-n3ncc(C(=O)N(C)CC4COCCO4)c3C3CC3)nc1-2. The van der Waals surface area contributed by atoms with E-state index in [-0.39, 0.29) is 17.9 Å². The lowest BCUT2D eigenvalue weighted by atomic mass is 9.90. The van der Waals surface area contributed by atoms with Crippen LogP contribution in [0.3, 0.4) is 0 Å². The zero-order valence-electron chi connectivity index (χ0n) is 20.1. The van der Waals surface area contributed by atoms with Gasteiger partial charge in [0.1, 0.15) is 5.75 Å². The van der Waals surface area contributed by atoms with Crippen LogP contribution in [0.1, 0.15) is 45.9 Å². The fourth-order valence-corrected chi connectivity index (χ4v) is 4.99. The van der Waals surface area contributed by atoms with Gasteiger partial charge in [-0.2, -0.15) is 5.10 Å². The highest BCUT2D eigenvalue weighted by atomic mass is 16.6. The predicted molar refractivity (Wildman–Crippen MR) is 128 cm³/mol. The molecule has 1 saturated carbocycles. The van der Waals surface area contributed by atoms with Gasteiger partial charge >= 0.3 is 0 Å². The standard InChI is InChI=1S/C26H29N5O4/c1-30(14-20-15-34-9-10-35-20)25(32)22-13-28-31(24(22)16-3-4-16)26-27-12-18-6-5-17-11-19(33-2)7-8-21(17)23(18)29-26/h7-8,11-13,16,20H,3-6,9-10,14-15H2,1-2H3. The summed E-state index contributed by atoms with van der Waals surface area (Å²) in [5.74, 6) is 1.57. The fraction of sp³-hybridized carbons (Fsp3) is 0.462. The normalized spacial score (nSPS) is 19.1. The van der Waals surface area contributed by atoms with Gasteiger partial charge < -0.3 is 19.1 Å². The Balaban J connectivity index is 1.33. The van der Waals surface area contributed by atoms with Crippen LogP contribution < -0.4 is 4.74 Å². The molecule has 0 N–H and O–H groups in total. The van der Waals surface area contributed by atoms with Crippen LogP contribution in [0, 0.1) is 0 Å². The van der Waals surface area contributed by atoms with E-state index in [1.165, 1.54) is 5.56 Å². The van der Waals surface area contributed by atoms with Gasteiger partial charge in [0.15, 0.2) is 0 Å². The molecule has 6 rings (SSSR count). The van der Waals surface area contributed by atoms with E-state index in [1.54, 1.807) is 29.9 Å². The minimum Gasteiger partial charge on any atom is -0.497 e. The highest BCUT2D eigenvalue weighted by Gasteiger charge is 2.35. The third-order valence-corrected chi connectivity index (χ3v) is 6.98. The number of aryl methyl sites for hydroxylation is 2. The zero-order chi connectivity index (χ0) is 23.9. The molecular weight excluding hydrogens is 446 g/mol. The number of likely N-dealkylation sites (N-methyl/N-ethyl adjacent to an activating group) is 1. The van der Waals surface area contributed by atoms with Crippen LogP contribution >= 0.6 is 0 Å². The quantitative estimate of drug-likeness (QED) is 0.541. The third kappa shape index (κ3) is 4.19. The molecule has 0 spiro atoms. The molecule has 3 aliphatic rings. The van der Waals surface area contributed by atoms with Gasteiger partial charge in [-0.3, -0.25) is 4.79 Å². The Morgan fingerprint density at radius 1 is 1.20 bits per heavy atom. The summed E-state index contributed by atoms with van der Waals surface area (Å²) in [4.78, 5) is 24.7. The van der Waals surface area contributed by atoms with Crippen LogP contribution in [-0.2, 0) is 22.3 Å². The van der Waals surface area contributed by atoms with E-state index in [0.29, 0.717) is 37.9 Å². The molecule has 35 heavy (non-hydrogen) atoms. The number of hydrogen-bond acceptors (Lipinski definition) is 7. The minimum atomic E-state index is -0.111. The number of ether oxygens (including phenoxy) is 3. The molecule has 1 amide bonds. The van der Waals surface area contributed by atoms with Crippen LogP contribution in [0.15, 0.2) is 30.6 Å². The first-order valence-electron chi connectivity index (χ1n) is 12.2. The Morgan fingerprint density at radius 3 is 2.83 bits per heavy atom. The van der Waals surface area contributed by atoms with Crippen molar-refractivity contribution in [2.24, 2.45) is 0 Å². The molecule has 0 bridgehead atoms. The molecule has 1 unspecified atom stereocenters. The van der Waals surface area contributed by atoms with Crippen molar-refractivity contribution in [3.8, 4) is 23.0 Å². The van der Waals surface area contributed by atoms with Crippen molar-refractivity contribution in [1.82, 2.24) is 24.6 Å². The molecule has 2 aromatic heterocycles. The van der Waals surface area contributed by atoms with E-state index >= 15 is 0 Å². The number of amides is 1. The molecule has 3 heterocycles. The Morgan fingerprint density at radius 2 is 2.06 bits per heavy atom. The van der Waals surface area contributed by atoms with Crippen molar-refractivity contribution in [2.75, 3.05) is 40.5 Å². The highest BCUT2D eigenvalue weighted by molar-refractivity contribution is 5.95. The van der Waals surface area contributed by atoms with Gasteiger partial charge in [-0.25, -0.2) is 14.6 Å². The first-order valence-corrected chi connectivity index (χ1v) is 12.2. The molecule has 3 aromatic rings. The summed E-state index contributed by atoms with van der Waals surface area (Å²) in [6, 6.07) is 6.11. The third-order valence-electron chi connectivity index (χ3n) is 6.98. The first kappa shape index (κ1) is 22.2. The second kappa shape index (κ2) is 9.05. The smallest absolute Gasteiger partial charge is 0.257 e. The van der Waals surface area contributed by atoms with Gasteiger partial charge in [-0.1, -0.05) is 0 Å². The number of carbonyl (C=O) groups is 1. The van der Waals surface area contributed by atoms with Gasteiger partial charge in [0.05, 0.1) is 56.2 Å². The molecule has 2 aliphatic carbocycles. The van der Waals surface area contributed by atoms with Gasteiger partial charge in [0.2, 0.25) is 0 Å². The second-order valence-electron chi connectivity index (χ2n) is 9.45. The molecule has 1 aromatic carbocycles. The largest absolute Gasteiger partial charge is 0.497 e. The number of carbonyl (C=O) groups excluding carboxylic acids is 1. The summed E-state index contributed by atoms with van der Waals surface area (Å²) >= 11 is 0. The highest BCUT2D eigenvalue weighted by Crippen LogP contribution is 2.43. The average Bonchev–Trinajstić information content (AvgIpc) is 3.65. The lowest BCUT2D eigenvalue weighted by molar-refractivity contribution is -0.0933. The second-order valence-corrected chi connectivity index (χ2v) is 9.45. The molecule has 2 fully saturated rings. The van der Waals surface area contributed by atoms with Gasteiger partial charge in [-0.05, 0) is 55.0 Å². The Hall–Kier alpha value is -3.30. The van der Waals surface area contributed by atoms with Gasteiger partial charge in [0.25, 0.3) is 11.9 Å². The summed E-state index contributed by atoms with van der Waals surface area (Å²) in [5.41, 5.74) is 5.87. The summed E-state index contributed by atoms with van der Waals surface area (Å²) in [7, 11) is 3.48. The van der Waals surface area contributed by atoms with E-state index in [4.69, 9.17) is 19.2 Å². The van der Waals surface area contributed by atoms with Crippen molar-refractivity contribution in [3.05, 3.63) is 53.0 Å². The predicted octanol–water partition coefficient (Wildman–Crippen LogP) is 2.80. The van der Waals surface area contributed by atoms with Crippen LogP contribution in [0.4, 0.5) is 0 Å². The molecule has 182 valence electrons. The van der Waals surface area contributed by atoms with Crippen molar-refractivity contribution >= 4 is 5.91 Å². The Labute approximate surface area is 204 Å². The molecule has 1 aliphatic heterocycles. The van der Waals surface area contributed by atoms with Crippen molar-refractivity contribution in [2.45, 2.75) is 37.7 Å². The number of fused-ring (bicyclic) bond motifs is 3. The first-order chi connectivity index (χ1) is 17.1. The monoisotopic (exact) mass is 475 g/mol. The van der Waals surface area contributed by atoms with Gasteiger partial charge in [-0.15, -0.1) is 0 Å². The topological polar surface area (TPSA) is 91.6 Å². The minimum absolute atomic E-state index is 0.0669. The molecule has 0 radical (unpaired) electrons. The van der Waals surface area contributed by atoms with Crippen LogP contribution in [0.2, 0.25) is 0 Å². The van der Waals surface area contributed by atoms with Crippen LogP contribution in [0.5, 0.6) is 5.75 Å². The summed E-state index contributed by atoms with van der Waals surface area (Å²) in [5, 5.41) is 4.60. The number of hydrogen-bond donors (Lipinski definition) is 0. The van der Waals surface area contributed by atoms with Crippen molar-refractivity contribution < 1.29 is 19.0 Å². The molecule has 1 saturated heterocycles. The summed E-state index contributed by atoms with van der Waals surface area (Å²) < 4.78 is 18.4. The van der Waals surface area contributed by atoms with E-state index in [9.17, 15) is 4.79 Å². The number of aromatic nitrogens is 4. The van der Waals surface area contributed by atoms with Crippen molar-refractivity contribution in [3.63, 3.8) is 0 Å². The van der Waals surface area contributed by atoms with Gasteiger partial charge in [0, 0.05) is 31.3 Å². The lowest BCUT2D eigenvalue weighted by Gasteiger charge is -2.27. The van der Waals surface area contributed by atoms with Crippen LogP contribution in [-0.4, -0.2) is 77.2 Å². The average molecular weight is 476 g/mol. The fourth-order valence-electron chi connectivity index (χ4n) is 4.99. The van der Waals surface area contributed by atoms with Crippen LogP contribution in [0.25, 0.3) is 17.2 Å². The molecular formula is C26H29N5O4. The molecule has 9 heteroatoms. The van der Waals surface area contributed by atoms with E-state index < -0.39 is 0 Å². The Bertz CT molecular complexity index is 1260. The summed E-state index contributed by atoms with van der Waals surface area (Å²) in [6.07, 6.45) is 7.32. The maximum Gasteiger partial charge on any atom is 0.257 e. The Kier molecular flexibility index (Phi) is 5.74. The number of nitrogens with zero attached hydrogens (tertiary/aromatic N) is 5. The number of rotatable bonds is 6. The van der Waals surface area contributed by atoms with E-state index in [0.717, 1.165) is 53.9 Å². The molecule has 9 nitrogen and oxygen atoms in total.